The molecule has 3 nitrogen and oxygen atoms in total. The zero-order chi connectivity index (χ0) is 15.0. The molecule has 1 rings (SSSR count). The number of benzene rings is 1. The molecule has 0 spiro atoms. The third-order valence-electron chi connectivity index (χ3n) is 3.56. The van der Waals surface area contributed by atoms with E-state index in [0.29, 0.717) is 6.42 Å². The molecule has 0 atom stereocenters. The van der Waals surface area contributed by atoms with Crippen LogP contribution < -0.4 is 10.6 Å². The first-order chi connectivity index (χ1) is 9.43. The molecular weight excluding hydrogens is 248 g/mol. The number of nitrogens with one attached hydrogen (secondary N) is 2. The second-order valence-corrected chi connectivity index (χ2v) is 6.02. The number of hydrogen-bond donors (Lipinski definition) is 2. The normalized spacial score (nSPS) is 11.4. The van der Waals surface area contributed by atoms with Gasteiger partial charge in [-0.1, -0.05) is 36.8 Å². The van der Waals surface area contributed by atoms with E-state index in [-0.39, 0.29) is 11.4 Å². The van der Waals surface area contributed by atoms with E-state index in [2.05, 4.69) is 62.6 Å². The van der Waals surface area contributed by atoms with Crippen molar-refractivity contribution in [3.8, 4) is 0 Å². The lowest BCUT2D eigenvalue weighted by molar-refractivity contribution is -0.122. The minimum atomic E-state index is -0.0986. The number of carbonyl (C=O) groups is 1. The van der Waals surface area contributed by atoms with Crippen LogP contribution in [0.2, 0.25) is 0 Å². The summed E-state index contributed by atoms with van der Waals surface area (Å²) in [5, 5.41) is 6.37. The van der Waals surface area contributed by atoms with Gasteiger partial charge in [0, 0.05) is 18.5 Å². The van der Waals surface area contributed by atoms with Gasteiger partial charge in [-0.25, -0.2) is 0 Å². The van der Waals surface area contributed by atoms with Gasteiger partial charge < -0.3 is 10.6 Å². The van der Waals surface area contributed by atoms with E-state index in [1.165, 1.54) is 11.1 Å². The summed E-state index contributed by atoms with van der Waals surface area (Å²) in [6.45, 7) is 9.94. The molecule has 1 aromatic rings. The van der Waals surface area contributed by atoms with Crippen molar-refractivity contribution in [3.05, 3.63) is 35.4 Å². The van der Waals surface area contributed by atoms with Crippen molar-refractivity contribution >= 4 is 5.91 Å². The molecule has 0 aromatic heterocycles. The largest absolute Gasteiger partial charge is 0.351 e. The Morgan fingerprint density at radius 2 is 2.00 bits per heavy atom. The van der Waals surface area contributed by atoms with E-state index in [9.17, 15) is 4.79 Å². The third-order valence-corrected chi connectivity index (χ3v) is 3.56. The Labute approximate surface area is 123 Å². The zero-order valence-electron chi connectivity index (χ0n) is 13.3. The summed E-state index contributed by atoms with van der Waals surface area (Å²) in [6, 6.07) is 8.55. The lowest BCUT2D eigenvalue weighted by Gasteiger charge is -2.24. The van der Waals surface area contributed by atoms with Crippen molar-refractivity contribution < 1.29 is 4.79 Å². The van der Waals surface area contributed by atoms with E-state index in [0.717, 1.165) is 25.9 Å². The van der Waals surface area contributed by atoms with E-state index in [1.807, 2.05) is 0 Å². The van der Waals surface area contributed by atoms with Crippen LogP contribution in [0.5, 0.6) is 0 Å². The van der Waals surface area contributed by atoms with Gasteiger partial charge in [0.05, 0.1) is 0 Å². The highest BCUT2D eigenvalue weighted by Gasteiger charge is 2.16. The van der Waals surface area contributed by atoms with Crippen LogP contribution in [0.3, 0.4) is 0 Å². The number of rotatable bonds is 8. The van der Waals surface area contributed by atoms with Crippen LogP contribution in [0.1, 0.15) is 44.7 Å². The summed E-state index contributed by atoms with van der Waals surface area (Å²) < 4.78 is 0. The number of carbonyl (C=O) groups excluding carboxylic acids is 1. The molecule has 2 N–H and O–H groups in total. The molecule has 0 unspecified atom stereocenters. The van der Waals surface area contributed by atoms with Gasteiger partial charge in [-0.2, -0.15) is 0 Å². The average molecular weight is 276 g/mol. The van der Waals surface area contributed by atoms with Gasteiger partial charge in [-0.15, -0.1) is 0 Å². The van der Waals surface area contributed by atoms with Crippen molar-refractivity contribution in [2.24, 2.45) is 0 Å². The van der Waals surface area contributed by atoms with Crippen LogP contribution in [-0.2, 0) is 11.2 Å². The Morgan fingerprint density at radius 1 is 1.25 bits per heavy atom. The van der Waals surface area contributed by atoms with Gasteiger partial charge in [0.15, 0.2) is 0 Å². The predicted molar refractivity (Wildman–Crippen MR) is 84.9 cm³/mol. The number of amides is 1. The second-order valence-electron chi connectivity index (χ2n) is 6.02. The quantitative estimate of drug-likeness (QED) is 0.717. The van der Waals surface area contributed by atoms with Crippen LogP contribution in [0.4, 0.5) is 0 Å². The van der Waals surface area contributed by atoms with Crippen molar-refractivity contribution in [3.63, 3.8) is 0 Å². The van der Waals surface area contributed by atoms with Crippen LogP contribution >= 0.6 is 0 Å². The number of aryl methyl sites for hydroxylation is 1. The summed E-state index contributed by atoms with van der Waals surface area (Å²) in [6.07, 6.45) is 2.49. The van der Waals surface area contributed by atoms with E-state index < -0.39 is 0 Å². The highest BCUT2D eigenvalue weighted by atomic mass is 16.1. The minimum Gasteiger partial charge on any atom is -0.351 e. The molecule has 0 fully saturated rings. The standard InChI is InChI=1S/C17H28N2O/c1-5-17(3,4)19-16(20)10-12-18-11-9-15-8-6-7-14(2)13-15/h6-8,13,18H,5,9-12H2,1-4H3,(H,19,20). The Bertz CT molecular complexity index is 427. The Hall–Kier alpha value is -1.35. The molecule has 1 amide bonds. The molecule has 0 saturated carbocycles. The fourth-order valence-electron chi connectivity index (χ4n) is 1.96. The molecule has 112 valence electrons. The second kappa shape index (κ2) is 8.05. The molecular formula is C17H28N2O. The lowest BCUT2D eigenvalue weighted by atomic mass is 10.0. The van der Waals surface area contributed by atoms with Gasteiger partial charge in [0.2, 0.25) is 5.91 Å². The van der Waals surface area contributed by atoms with Gasteiger partial charge >= 0.3 is 0 Å². The maximum atomic E-state index is 11.7. The minimum absolute atomic E-state index is 0.0986. The van der Waals surface area contributed by atoms with Gasteiger partial charge in [0.1, 0.15) is 0 Å². The first kappa shape index (κ1) is 16.7. The fraction of sp³-hybridized carbons (Fsp3) is 0.588. The Balaban J connectivity index is 2.15. The summed E-state index contributed by atoms with van der Waals surface area (Å²) >= 11 is 0. The van der Waals surface area contributed by atoms with Crippen molar-refractivity contribution in [1.82, 2.24) is 10.6 Å². The predicted octanol–water partition coefficient (Wildman–Crippen LogP) is 2.82. The molecule has 20 heavy (non-hydrogen) atoms. The topological polar surface area (TPSA) is 41.1 Å². The molecule has 0 aliphatic carbocycles. The first-order valence-corrected chi connectivity index (χ1v) is 7.50. The van der Waals surface area contributed by atoms with E-state index in [4.69, 9.17) is 0 Å². The Kier molecular flexibility index (Phi) is 6.73. The molecule has 0 bridgehead atoms. The molecule has 0 aliphatic heterocycles. The maximum Gasteiger partial charge on any atom is 0.221 e. The SMILES string of the molecule is CCC(C)(C)NC(=O)CCNCCc1cccc(C)c1. The zero-order valence-corrected chi connectivity index (χ0v) is 13.3. The van der Waals surface area contributed by atoms with Crippen molar-refractivity contribution in [2.75, 3.05) is 13.1 Å². The van der Waals surface area contributed by atoms with Crippen LogP contribution in [0.15, 0.2) is 24.3 Å². The van der Waals surface area contributed by atoms with E-state index >= 15 is 0 Å². The summed E-state index contributed by atoms with van der Waals surface area (Å²) in [5.74, 6) is 0.125. The molecule has 3 heteroatoms. The van der Waals surface area contributed by atoms with E-state index in [1.54, 1.807) is 0 Å². The van der Waals surface area contributed by atoms with Gasteiger partial charge in [-0.05, 0) is 45.7 Å². The van der Waals surface area contributed by atoms with Crippen LogP contribution in [-0.4, -0.2) is 24.5 Å². The summed E-state index contributed by atoms with van der Waals surface area (Å²) in [7, 11) is 0. The smallest absolute Gasteiger partial charge is 0.221 e. The highest BCUT2D eigenvalue weighted by molar-refractivity contribution is 5.76. The summed E-state index contributed by atoms with van der Waals surface area (Å²) in [5.41, 5.74) is 2.54. The van der Waals surface area contributed by atoms with Crippen molar-refractivity contribution in [1.29, 1.82) is 0 Å². The monoisotopic (exact) mass is 276 g/mol. The molecule has 1 aromatic carbocycles. The lowest BCUT2D eigenvalue weighted by Crippen LogP contribution is -2.43. The third kappa shape index (κ3) is 6.71. The molecule has 0 radical (unpaired) electrons. The molecule has 0 saturated heterocycles. The molecule has 0 aliphatic rings. The fourth-order valence-corrected chi connectivity index (χ4v) is 1.96. The van der Waals surface area contributed by atoms with Gasteiger partial charge in [-0.3, -0.25) is 4.79 Å². The Morgan fingerprint density at radius 3 is 2.65 bits per heavy atom. The molecule has 0 heterocycles. The van der Waals surface area contributed by atoms with Crippen LogP contribution in [0.25, 0.3) is 0 Å². The van der Waals surface area contributed by atoms with Gasteiger partial charge in [0.25, 0.3) is 0 Å². The first-order valence-electron chi connectivity index (χ1n) is 7.50. The maximum absolute atomic E-state index is 11.7. The number of hydrogen-bond acceptors (Lipinski definition) is 2. The van der Waals surface area contributed by atoms with Crippen molar-refractivity contribution in [2.45, 2.75) is 52.5 Å². The average Bonchev–Trinajstić information content (AvgIpc) is 2.38. The highest BCUT2D eigenvalue weighted by Crippen LogP contribution is 2.06. The van der Waals surface area contributed by atoms with Crippen LogP contribution in [0, 0.1) is 6.92 Å². The summed E-state index contributed by atoms with van der Waals surface area (Å²) in [4.78, 5) is 11.7.